The fraction of sp³-hybridized carbons (Fsp3) is 0.600. The predicted molar refractivity (Wildman–Crippen MR) is 62.1 cm³/mol. The van der Waals surface area contributed by atoms with E-state index in [9.17, 15) is 0 Å². The second-order valence-electron chi connectivity index (χ2n) is 4.42. The van der Waals surface area contributed by atoms with Crippen LogP contribution in [0, 0.1) is 0 Å². The molecule has 0 bridgehead atoms. The lowest BCUT2D eigenvalue weighted by Crippen LogP contribution is -2.53. The summed E-state index contributed by atoms with van der Waals surface area (Å²) in [6.45, 7) is 6.46. The SMILES string of the molecule is CC1(C)COCCN1c1cncc(NN)n1. The van der Waals surface area contributed by atoms with E-state index in [0.29, 0.717) is 19.0 Å². The number of hydrazine groups is 1. The number of hydrogen-bond acceptors (Lipinski definition) is 6. The van der Waals surface area contributed by atoms with E-state index < -0.39 is 0 Å². The van der Waals surface area contributed by atoms with Crippen molar-refractivity contribution in [2.45, 2.75) is 19.4 Å². The molecule has 3 N–H and O–H groups in total. The Bertz CT molecular complexity index is 368. The molecule has 0 saturated carbocycles. The number of nitrogens with two attached hydrogens (primary N) is 1. The fourth-order valence-corrected chi connectivity index (χ4v) is 1.84. The summed E-state index contributed by atoms with van der Waals surface area (Å²) in [7, 11) is 0. The average Bonchev–Trinajstić information content (AvgIpc) is 2.28. The summed E-state index contributed by atoms with van der Waals surface area (Å²) in [6, 6.07) is 0. The third kappa shape index (κ3) is 2.07. The topological polar surface area (TPSA) is 76.3 Å². The van der Waals surface area contributed by atoms with Gasteiger partial charge in [0.25, 0.3) is 0 Å². The molecule has 0 spiro atoms. The maximum atomic E-state index is 5.46. The number of morpholine rings is 1. The van der Waals surface area contributed by atoms with Crippen molar-refractivity contribution < 1.29 is 4.74 Å². The van der Waals surface area contributed by atoms with Gasteiger partial charge in [0.2, 0.25) is 0 Å². The van der Waals surface area contributed by atoms with Crippen LogP contribution in [0.1, 0.15) is 13.8 Å². The normalized spacial score (nSPS) is 19.6. The number of nitrogens with zero attached hydrogens (tertiary/aromatic N) is 3. The quantitative estimate of drug-likeness (QED) is 0.557. The third-order valence-corrected chi connectivity index (χ3v) is 2.69. The van der Waals surface area contributed by atoms with Crippen molar-refractivity contribution in [2.24, 2.45) is 5.84 Å². The maximum absolute atomic E-state index is 5.46. The van der Waals surface area contributed by atoms with E-state index in [4.69, 9.17) is 10.6 Å². The van der Waals surface area contributed by atoms with E-state index >= 15 is 0 Å². The molecule has 1 fully saturated rings. The molecule has 0 aliphatic carbocycles. The number of aromatic nitrogens is 2. The Morgan fingerprint density at radius 1 is 1.50 bits per heavy atom. The summed E-state index contributed by atoms with van der Waals surface area (Å²) >= 11 is 0. The Morgan fingerprint density at radius 2 is 2.31 bits per heavy atom. The minimum absolute atomic E-state index is 0.0693. The summed E-state index contributed by atoms with van der Waals surface area (Å²) in [4.78, 5) is 10.7. The molecule has 16 heavy (non-hydrogen) atoms. The molecule has 0 unspecified atom stereocenters. The van der Waals surface area contributed by atoms with E-state index in [1.807, 2.05) is 0 Å². The van der Waals surface area contributed by atoms with Gasteiger partial charge in [0.15, 0.2) is 5.82 Å². The van der Waals surface area contributed by atoms with Crippen molar-refractivity contribution in [2.75, 3.05) is 30.1 Å². The van der Waals surface area contributed by atoms with E-state index in [-0.39, 0.29) is 5.54 Å². The van der Waals surface area contributed by atoms with Crippen LogP contribution in [0.15, 0.2) is 12.4 Å². The van der Waals surface area contributed by atoms with Crippen molar-refractivity contribution in [1.29, 1.82) is 0 Å². The van der Waals surface area contributed by atoms with Gasteiger partial charge < -0.3 is 15.1 Å². The Kier molecular flexibility index (Phi) is 2.93. The smallest absolute Gasteiger partial charge is 0.160 e. The van der Waals surface area contributed by atoms with Crippen LogP contribution < -0.4 is 16.2 Å². The van der Waals surface area contributed by atoms with Crippen LogP contribution in [0.3, 0.4) is 0 Å². The summed E-state index contributed by atoms with van der Waals surface area (Å²) in [5.41, 5.74) is 2.43. The van der Waals surface area contributed by atoms with Gasteiger partial charge in [-0.2, -0.15) is 0 Å². The largest absolute Gasteiger partial charge is 0.377 e. The Labute approximate surface area is 94.8 Å². The number of anilines is 2. The molecule has 1 aliphatic rings. The van der Waals surface area contributed by atoms with Gasteiger partial charge in [-0.25, -0.2) is 10.8 Å². The lowest BCUT2D eigenvalue weighted by molar-refractivity contribution is 0.0639. The Balaban J connectivity index is 2.27. The summed E-state index contributed by atoms with van der Waals surface area (Å²) in [6.07, 6.45) is 3.34. The van der Waals surface area contributed by atoms with Crippen LogP contribution in [0.5, 0.6) is 0 Å². The second kappa shape index (κ2) is 4.23. The molecule has 6 heteroatoms. The average molecular weight is 223 g/mol. The summed E-state index contributed by atoms with van der Waals surface area (Å²) < 4.78 is 5.46. The molecule has 1 aromatic heterocycles. The van der Waals surface area contributed by atoms with Gasteiger partial charge in [-0.1, -0.05) is 0 Å². The Hall–Kier alpha value is -1.40. The number of nitrogen functional groups attached to an aromatic ring is 1. The number of hydrogen-bond donors (Lipinski definition) is 2. The van der Waals surface area contributed by atoms with Crippen LogP contribution in [0.2, 0.25) is 0 Å². The van der Waals surface area contributed by atoms with Gasteiger partial charge >= 0.3 is 0 Å². The molecule has 0 atom stereocenters. The molecular formula is C10H17N5O. The van der Waals surface area contributed by atoms with Crippen LogP contribution in [-0.4, -0.2) is 35.3 Å². The number of rotatable bonds is 2. The molecule has 0 radical (unpaired) electrons. The second-order valence-corrected chi connectivity index (χ2v) is 4.42. The first kappa shape index (κ1) is 11.1. The first-order valence-corrected chi connectivity index (χ1v) is 5.27. The van der Waals surface area contributed by atoms with Crippen molar-refractivity contribution in [3.05, 3.63) is 12.4 Å². The zero-order chi connectivity index (χ0) is 11.6. The molecule has 0 aromatic carbocycles. The van der Waals surface area contributed by atoms with Crippen molar-refractivity contribution in [3.63, 3.8) is 0 Å². The minimum Gasteiger partial charge on any atom is -0.377 e. The van der Waals surface area contributed by atoms with E-state index in [1.54, 1.807) is 12.4 Å². The molecule has 88 valence electrons. The van der Waals surface area contributed by atoms with Crippen molar-refractivity contribution >= 4 is 11.6 Å². The van der Waals surface area contributed by atoms with Crippen molar-refractivity contribution in [3.8, 4) is 0 Å². The minimum atomic E-state index is -0.0693. The molecular weight excluding hydrogens is 206 g/mol. The van der Waals surface area contributed by atoms with Crippen LogP contribution in [0.25, 0.3) is 0 Å². The molecule has 2 heterocycles. The van der Waals surface area contributed by atoms with E-state index in [0.717, 1.165) is 12.4 Å². The standard InChI is InChI=1S/C10H17N5O/c1-10(2)7-16-4-3-15(10)9-6-12-5-8(13-9)14-11/h5-6H,3-4,7,11H2,1-2H3,(H,13,14). The highest BCUT2D eigenvalue weighted by atomic mass is 16.5. The number of ether oxygens (including phenoxy) is 1. The summed E-state index contributed by atoms with van der Waals surface area (Å²) in [5, 5.41) is 0. The van der Waals surface area contributed by atoms with Gasteiger partial charge in [0.05, 0.1) is 31.1 Å². The lowest BCUT2D eigenvalue weighted by Gasteiger charge is -2.42. The summed E-state index contributed by atoms with van der Waals surface area (Å²) in [5.74, 6) is 6.71. The molecule has 1 saturated heterocycles. The third-order valence-electron chi connectivity index (χ3n) is 2.69. The Morgan fingerprint density at radius 3 is 3.00 bits per heavy atom. The first-order chi connectivity index (χ1) is 7.63. The van der Waals surface area contributed by atoms with E-state index in [1.165, 1.54) is 0 Å². The van der Waals surface area contributed by atoms with Gasteiger partial charge in [-0.3, -0.25) is 4.98 Å². The van der Waals surface area contributed by atoms with E-state index in [2.05, 4.69) is 34.1 Å². The van der Waals surface area contributed by atoms with Crippen LogP contribution in [-0.2, 0) is 4.74 Å². The van der Waals surface area contributed by atoms with Crippen molar-refractivity contribution in [1.82, 2.24) is 9.97 Å². The van der Waals surface area contributed by atoms with Gasteiger partial charge in [-0.15, -0.1) is 0 Å². The molecule has 2 rings (SSSR count). The maximum Gasteiger partial charge on any atom is 0.160 e. The molecule has 1 aromatic rings. The highest BCUT2D eigenvalue weighted by Crippen LogP contribution is 2.25. The molecule has 0 amide bonds. The highest BCUT2D eigenvalue weighted by molar-refractivity contribution is 5.45. The fourth-order valence-electron chi connectivity index (χ4n) is 1.84. The molecule has 1 aliphatic heterocycles. The van der Waals surface area contributed by atoms with Crippen LogP contribution >= 0.6 is 0 Å². The monoisotopic (exact) mass is 223 g/mol. The zero-order valence-electron chi connectivity index (χ0n) is 9.60. The van der Waals surface area contributed by atoms with Gasteiger partial charge in [0.1, 0.15) is 5.82 Å². The van der Waals surface area contributed by atoms with Gasteiger partial charge in [0, 0.05) is 6.54 Å². The first-order valence-electron chi connectivity index (χ1n) is 5.27. The number of nitrogens with one attached hydrogen (secondary N) is 1. The highest BCUT2D eigenvalue weighted by Gasteiger charge is 2.31. The lowest BCUT2D eigenvalue weighted by atomic mass is 10.0. The zero-order valence-corrected chi connectivity index (χ0v) is 9.60. The van der Waals surface area contributed by atoms with Crippen LogP contribution in [0.4, 0.5) is 11.6 Å². The predicted octanol–water partition coefficient (Wildman–Crippen LogP) is 0.377. The van der Waals surface area contributed by atoms with Gasteiger partial charge in [-0.05, 0) is 13.8 Å². The molecule has 6 nitrogen and oxygen atoms in total.